The zero-order chi connectivity index (χ0) is 16.8. The van der Waals surface area contributed by atoms with E-state index in [1.54, 1.807) is 0 Å². The van der Waals surface area contributed by atoms with Crippen molar-refractivity contribution in [3.63, 3.8) is 0 Å². The molecule has 0 unspecified atom stereocenters. The van der Waals surface area contributed by atoms with Crippen LogP contribution in [0.15, 0.2) is 0 Å². The Hall–Kier alpha value is -1.14. The first-order valence-corrected chi connectivity index (χ1v) is 9.58. The van der Waals surface area contributed by atoms with Crippen molar-refractivity contribution >= 4 is 11.8 Å². The topological polar surface area (TPSA) is 61.9 Å². The highest BCUT2D eigenvalue weighted by atomic mass is 16.5. The molecule has 0 aromatic heterocycles. The lowest BCUT2D eigenvalue weighted by Gasteiger charge is -2.32. The number of ether oxygens (including phenoxy) is 1. The molecule has 24 heavy (non-hydrogen) atoms. The van der Waals surface area contributed by atoms with Crippen molar-refractivity contribution in [3.8, 4) is 0 Å². The van der Waals surface area contributed by atoms with E-state index in [1.165, 1.54) is 0 Å². The van der Waals surface area contributed by atoms with Crippen LogP contribution >= 0.6 is 0 Å². The first-order chi connectivity index (χ1) is 11.7. The van der Waals surface area contributed by atoms with E-state index in [2.05, 4.69) is 10.2 Å². The fourth-order valence-corrected chi connectivity index (χ4v) is 4.00. The molecule has 0 saturated carbocycles. The van der Waals surface area contributed by atoms with E-state index in [4.69, 9.17) is 4.74 Å². The third-order valence-electron chi connectivity index (χ3n) is 5.59. The first-order valence-electron chi connectivity index (χ1n) is 9.58. The minimum absolute atomic E-state index is 0.188. The number of likely N-dealkylation sites (tertiary alicyclic amines) is 2. The molecule has 0 aromatic carbocycles. The average Bonchev–Trinajstić information content (AvgIpc) is 3.12. The van der Waals surface area contributed by atoms with E-state index in [0.29, 0.717) is 24.9 Å². The minimum atomic E-state index is 0.188. The molecule has 0 spiro atoms. The summed E-state index contributed by atoms with van der Waals surface area (Å²) in [6.45, 7) is 5.82. The van der Waals surface area contributed by atoms with Gasteiger partial charge < -0.3 is 15.0 Å². The van der Waals surface area contributed by atoms with E-state index in [0.717, 1.165) is 77.9 Å². The van der Waals surface area contributed by atoms with Gasteiger partial charge in [0.25, 0.3) is 0 Å². The summed E-state index contributed by atoms with van der Waals surface area (Å²) < 4.78 is 5.32. The van der Waals surface area contributed by atoms with Crippen molar-refractivity contribution in [1.29, 1.82) is 0 Å². The number of rotatable bonds is 5. The maximum Gasteiger partial charge on any atom is 0.236 e. The molecular formula is C18H31N3O3. The summed E-state index contributed by atoms with van der Waals surface area (Å²) in [6, 6.07) is 0.296. The van der Waals surface area contributed by atoms with Crippen LogP contribution in [0.4, 0.5) is 0 Å². The van der Waals surface area contributed by atoms with Crippen LogP contribution in [-0.4, -0.2) is 73.6 Å². The van der Waals surface area contributed by atoms with Crippen LogP contribution in [0.2, 0.25) is 0 Å². The van der Waals surface area contributed by atoms with Gasteiger partial charge in [0.2, 0.25) is 11.8 Å². The molecule has 3 aliphatic rings. The number of amides is 2. The molecule has 0 radical (unpaired) electrons. The zero-order valence-electron chi connectivity index (χ0n) is 14.7. The van der Waals surface area contributed by atoms with Crippen molar-refractivity contribution in [3.05, 3.63) is 0 Å². The summed E-state index contributed by atoms with van der Waals surface area (Å²) in [6.07, 6.45) is 6.84. The van der Waals surface area contributed by atoms with Gasteiger partial charge in [0, 0.05) is 38.8 Å². The molecule has 0 aromatic rings. The Bertz CT molecular complexity index is 423. The van der Waals surface area contributed by atoms with Gasteiger partial charge in [-0.3, -0.25) is 14.5 Å². The molecule has 3 fully saturated rings. The summed E-state index contributed by atoms with van der Waals surface area (Å²) in [5.41, 5.74) is 0. The summed E-state index contributed by atoms with van der Waals surface area (Å²) in [7, 11) is 0. The van der Waals surface area contributed by atoms with Gasteiger partial charge in [-0.25, -0.2) is 0 Å². The number of nitrogens with one attached hydrogen (secondary N) is 1. The maximum atomic E-state index is 12.2. The summed E-state index contributed by atoms with van der Waals surface area (Å²) in [4.78, 5) is 28.6. The lowest BCUT2D eigenvalue weighted by Crippen LogP contribution is -2.44. The van der Waals surface area contributed by atoms with E-state index in [9.17, 15) is 9.59 Å². The molecule has 3 saturated heterocycles. The van der Waals surface area contributed by atoms with Gasteiger partial charge in [-0.05, 0) is 57.5 Å². The Morgan fingerprint density at radius 1 is 0.958 bits per heavy atom. The SMILES string of the molecule is O=C(CC1CCN(CC(=O)N2CCCC2)CC1)NC1CCOCC1. The predicted molar refractivity (Wildman–Crippen MR) is 91.6 cm³/mol. The fourth-order valence-electron chi connectivity index (χ4n) is 4.00. The Morgan fingerprint density at radius 2 is 1.62 bits per heavy atom. The number of hydrogen-bond donors (Lipinski definition) is 1. The third kappa shape index (κ3) is 5.18. The molecule has 3 aliphatic heterocycles. The van der Waals surface area contributed by atoms with Crippen LogP contribution in [0.25, 0.3) is 0 Å². The predicted octanol–water partition coefficient (Wildman–Crippen LogP) is 1.01. The average molecular weight is 337 g/mol. The number of nitrogens with zero attached hydrogens (tertiary/aromatic N) is 2. The molecule has 3 rings (SSSR count). The normalized spacial score (nSPS) is 24.2. The quantitative estimate of drug-likeness (QED) is 0.813. The van der Waals surface area contributed by atoms with Gasteiger partial charge in [0.1, 0.15) is 0 Å². The second-order valence-corrected chi connectivity index (χ2v) is 7.47. The summed E-state index contributed by atoms with van der Waals surface area (Å²) in [5.74, 6) is 0.930. The molecule has 6 heteroatoms. The van der Waals surface area contributed by atoms with Crippen LogP contribution in [0.3, 0.4) is 0 Å². The number of carbonyl (C=O) groups excluding carboxylic acids is 2. The van der Waals surface area contributed by atoms with Crippen molar-refractivity contribution in [2.75, 3.05) is 45.9 Å². The second-order valence-electron chi connectivity index (χ2n) is 7.47. The largest absolute Gasteiger partial charge is 0.381 e. The molecule has 2 amide bonds. The molecule has 0 aliphatic carbocycles. The first kappa shape index (κ1) is 17.7. The molecule has 6 nitrogen and oxygen atoms in total. The second kappa shape index (κ2) is 8.81. The Kier molecular flexibility index (Phi) is 6.49. The summed E-state index contributed by atoms with van der Waals surface area (Å²) >= 11 is 0. The van der Waals surface area contributed by atoms with Crippen LogP contribution in [0.5, 0.6) is 0 Å². The van der Waals surface area contributed by atoms with Gasteiger partial charge >= 0.3 is 0 Å². The highest BCUT2D eigenvalue weighted by Crippen LogP contribution is 2.21. The Labute approximate surface area is 144 Å². The minimum Gasteiger partial charge on any atom is -0.381 e. The molecule has 0 atom stereocenters. The van der Waals surface area contributed by atoms with Gasteiger partial charge in [0.05, 0.1) is 6.54 Å². The molecule has 0 bridgehead atoms. The van der Waals surface area contributed by atoms with Crippen LogP contribution < -0.4 is 5.32 Å². The zero-order valence-corrected chi connectivity index (χ0v) is 14.7. The Morgan fingerprint density at radius 3 is 2.29 bits per heavy atom. The number of hydrogen-bond acceptors (Lipinski definition) is 4. The van der Waals surface area contributed by atoms with Crippen molar-refractivity contribution in [2.45, 2.75) is 51.0 Å². The van der Waals surface area contributed by atoms with Crippen molar-refractivity contribution in [2.24, 2.45) is 5.92 Å². The van der Waals surface area contributed by atoms with Crippen molar-refractivity contribution < 1.29 is 14.3 Å². The molecule has 136 valence electrons. The third-order valence-corrected chi connectivity index (χ3v) is 5.59. The van der Waals surface area contributed by atoms with Crippen LogP contribution in [0.1, 0.15) is 44.9 Å². The lowest BCUT2D eigenvalue weighted by molar-refractivity contribution is -0.132. The molecule has 1 N–H and O–H groups in total. The fraction of sp³-hybridized carbons (Fsp3) is 0.889. The monoisotopic (exact) mass is 337 g/mol. The maximum absolute atomic E-state index is 12.2. The van der Waals surface area contributed by atoms with E-state index < -0.39 is 0 Å². The highest BCUT2D eigenvalue weighted by Gasteiger charge is 2.26. The van der Waals surface area contributed by atoms with E-state index in [1.807, 2.05) is 4.90 Å². The van der Waals surface area contributed by atoms with Gasteiger partial charge in [0.15, 0.2) is 0 Å². The lowest BCUT2D eigenvalue weighted by atomic mass is 9.93. The highest BCUT2D eigenvalue weighted by molar-refractivity contribution is 5.78. The van der Waals surface area contributed by atoms with Crippen LogP contribution in [-0.2, 0) is 14.3 Å². The van der Waals surface area contributed by atoms with E-state index in [-0.39, 0.29) is 11.8 Å². The van der Waals surface area contributed by atoms with Gasteiger partial charge in [-0.15, -0.1) is 0 Å². The van der Waals surface area contributed by atoms with Crippen molar-refractivity contribution in [1.82, 2.24) is 15.1 Å². The Balaban J connectivity index is 1.32. The molecular weight excluding hydrogens is 306 g/mol. The van der Waals surface area contributed by atoms with Gasteiger partial charge in [-0.1, -0.05) is 0 Å². The number of piperidine rings is 1. The van der Waals surface area contributed by atoms with E-state index >= 15 is 0 Å². The van der Waals surface area contributed by atoms with Gasteiger partial charge in [-0.2, -0.15) is 0 Å². The smallest absolute Gasteiger partial charge is 0.236 e. The molecule has 3 heterocycles. The number of carbonyl (C=O) groups is 2. The van der Waals surface area contributed by atoms with Crippen LogP contribution in [0, 0.1) is 5.92 Å². The summed E-state index contributed by atoms with van der Waals surface area (Å²) in [5, 5.41) is 3.15. The standard InChI is InChI=1S/C18H31N3O3/c22-17(19-16-5-11-24-12-6-16)13-15-3-9-20(10-4-15)14-18(23)21-7-1-2-8-21/h15-16H,1-14H2,(H,19,22).